The van der Waals surface area contributed by atoms with Crippen LogP contribution in [0.25, 0.3) is 11.6 Å². The molecule has 0 fully saturated rings. The summed E-state index contributed by atoms with van der Waals surface area (Å²) in [6.07, 6.45) is 4.40. The lowest BCUT2D eigenvalue weighted by molar-refractivity contribution is 0.954. The summed E-state index contributed by atoms with van der Waals surface area (Å²) >= 11 is 3.49. The molecule has 0 spiro atoms. The number of halogens is 1. The fourth-order valence-corrected chi connectivity index (χ4v) is 1.75. The van der Waals surface area contributed by atoms with Gasteiger partial charge in [0.05, 0.1) is 10.2 Å². The molecule has 0 aliphatic carbocycles. The zero-order valence-corrected chi connectivity index (χ0v) is 11.9. The second-order valence-corrected chi connectivity index (χ2v) is 4.59. The summed E-state index contributed by atoms with van der Waals surface area (Å²) in [6.45, 7) is 4.90. The fourth-order valence-electron chi connectivity index (χ4n) is 1.43. The van der Waals surface area contributed by atoms with Crippen molar-refractivity contribution < 1.29 is 0 Å². The highest BCUT2D eigenvalue weighted by molar-refractivity contribution is 9.10. The molecular formula is C12H14BrN5. The Kier molecular flexibility index (Phi) is 4.19. The van der Waals surface area contributed by atoms with E-state index in [2.05, 4.69) is 48.1 Å². The second kappa shape index (κ2) is 5.86. The lowest BCUT2D eigenvalue weighted by atomic mass is 10.3. The number of anilines is 1. The highest BCUT2D eigenvalue weighted by atomic mass is 79.9. The Balaban J connectivity index is 2.41. The third-order valence-electron chi connectivity index (χ3n) is 2.33. The molecule has 2 aromatic rings. The van der Waals surface area contributed by atoms with E-state index >= 15 is 0 Å². The van der Waals surface area contributed by atoms with E-state index in [0.29, 0.717) is 11.6 Å². The number of aromatic nitrogens is 4. The fraction of sp³-hybridized carbons (Fsp3) is 0.333. The minimum atomic E-state index is 0.535. The molecule has 0 amide bonds. The first-order valence-electron chi connectivity index (χ1n) is 5.77. The third-order valence-corrected chi connectivity index (χ3v) is 3.27. The lowest BCUT2D eigenvalue weighted by Gasteiger charge is -2.09. The van der Waals surface area contributed by atoms with Crippen LogP contribution in [0.3, 0.4) is 0 Å². The van der Waals surface area contributed by atoms with Crippen molar-refractivity contribution in [3.8, 4) is 11.6 Å². The molecule has 2 rings (SSSR count). The molecule has 0 saturated carbocycles. The van der Waals surface area contributed by atoms with Crippen molar-refractivity contribution in [1.29, 1.82) is 0 Å². The van der Waals surface area contributed by atoms with Crippen molar-refractivity contribution in [3.05, 3.63) is 28.6 Å². The van der Waals surface area contributed by atoms with Gasteiger partial charge in [-0.05, 0) is 35.3 Å². The summed E-state index contributed by atoms with van der Waals surface area (Å²) in [5.74, 6) is 1.86. The molecule has 0 unspecified atom stereocenters. The van der Waals surface area contributed by atoms with Crippen LogP contribution in [0.1, 0.15) is 19.0 Å². The first kappa shape index (κ1) is 12.9. The van der Waals surface area contributed by atoms with Crippen LogP contribution in [-0.4, -0.2) is 26.5 Å². The minimum Gasteiger partial charge on any atom is -0.369 e. The van der Waals surface area contributed by atoms with E-state index in [9.17, 15) is 0 Å². The highest BCUT2D eigenvalue weighted by Crippen LogP contribution is 2.25. The maximum Gasteiger partial charge on any atom is 0.199 e. The Hall–Kier alpha value is -1.56. The molecular weight excluding hydrogens is 294 g/mol. The molecule has 94 valence electrons. The van der Waals surface area contributed by atoms with E-state index in [0.717, 1.165) is 29.0 Å². The average Bonchev–Trinajstić information content (AvgIpc) is 2.41. The largest absolute Gasteiger partial charge is 0.369 e. The van der Waals surface area contributed by atoms with Crippen molar-refractivity contribution >= 4 is 21.7 Å². The van der Waals surface area contributed by atoms with Gasteiger partial charge in [0.1, 0.15) is 5.82 Å². The standard InChI is InChI=1S/C12H14BrN5/c1-3-5-14-10-9(13)8(2)17-12(18-10)11-15-6-4-7-16-11/h4,6-7H,3,5H2,1-2H3,(H,14,17,18). The SMILES string of the molecule is CCCNc1nc(-c2ncccn2)nc(C)c1Br. The van der Waals surface area contributed by atoms with Gasteiger partial charge in [-0.3, -0.25) is 0 Å². The van der Waals surface area contributed by atoms with Gasteiger partial charge in [0, 0.05) is 18.9 Å². The van der Waals surface area contributed by atoms with Gasteiger partial charge in [0.15, 0.2) is 11.6 Å². The van der Waals surface area contributed by atoms with Crippen LogP contribution in [0.5, 0.6) is 0 Å². The summed E-state index contributed by atoms with van der Waals surface area (Å²) in [4.78, 5) is 17.2. The van der Waals surface area contributed by atoms with Crippen LogP contribution >= 0.6 is 15.9 Å². The smallest absolute Gasteiger partial charge is 0.199 e. The van der Waals surface area contributed by atoms with Gasteiger partial charge in [-0.25, -0.2) is 19.9 Å². The molecule has 0 radical (unpaired) electrons. The van der Waals surface area contributed by atoms with Crippen LogP contribution in [-0.2, 0) is 0 Å². The summed E-state index contributed by atoms with van der Waals surface area (Å²) < 4.78 is 0.885. The molecule has 5 nitrogen and oxygen atoms in total. The van der Waals surface area contributed by atoms with Gasteiger partial charge in [0.25, 0.3) is 0 Å². The van der Waals surface area contributed by atoms with Crippen molar-refractivity contribution in [2.45, 2.75) is 20.3 Å². The van der Waals surface area contributed by atoms with Crippen LogP contribution in [0.4, 0.5) is 5.82 Å². The molecule has 0 saturated heterocycles. The monoisotopic (exact) mass is 307 g/mol. The van der Waals surface area contributed by atoms with Crippen molar-refractivity contribution in [2.75, 3.05) is 11.9 Å². The van der Waals surface area contributed by atoms with E-state index in [-0.39, 0.29) is 0 Å². The molecule has 2 heterocycles. The van der Waals surface area contributed by atoms with Crippen LogP contribution < -0.4 is 5.32 Å². The Morgan fingerprint density at radius 1 is 1.17 bits per heavy atom. The maximum absolute atomic E-state index is 4.45. The zero-order valence-electron chi connectivity index (χ0n) is 10.3. The number of rotatable bonds is 4. The summed E-state index contributed by atoms with van der Waals surface area (Å²) in [7, 11) is 0. The quantitative estimate of drug-likeness (QED) is 0.941. The van der Waals surface area contributed by atoms with Gasteiger partial charge in [-0.2, -0.15) is 0 Å². The van der Waals surface area contributed by atoms with Gasteiger partial charge < -0.3 is 5.32 Å². The van der Waals surface area contributed by atoms with Crippen LogP contribution in [0.15, 0.2) is 22.9 Å². The minimum absolute atomic E-state index is 0.535. The normalized spacial score (nSPS) is 10.4. The molecule has 6 heteroatoms. The Morgan fingerprint density at radius 3 is 2.56 bits per heavy atom. The number of hydrogen-bond acceptors (Lipinski definition) is 5. The first-order chi connectivity index (χ1) is 8.72. The number of nitrogens with zero attached hydrogens (tertiary/aromatic N) is 4. The molecule has 2 aromatic heterocycles. The van der Waals surface area contributed by atoms with Crippen molar-refractivity contribution in [2.24, 2.45) is 0 Å². The highest BCUT2D eigenvalue weighted by Gasteiger charge is 2.11. The van der Waals surface area contributed by atoms with Gasteiger partial charge in [-0.1, -0.05) is 6.92 Å². The summed E-state index contributed by atoms with van der Waals surface area (Å²) in [5, 5.41) is 3.26. The average molecular weight is 308 g/mol. The van der Waals surface area contributed by atoms with E-state index < -0.39 is 0 Å². The van der Waals surface area contributed by atoms with E-state index in [1.165, 1.54) is 0 Å². The zero-order chi connectivity index (χ0) is 13.0. The molecule has 0 aromatic carbocycles. The molecule has 0 bridgehead atoms. The first-order valence-corrected chi connectivity index (χ1v) is 6.57. The Morgan fingerprint density at radius 2 is 1.89 bits per heavy atom. The lowest BCUT2D eigenvalue weighted by Crippen LogP contribution is -2.07. The number of nitrogens with one attached hydrogen (secondary N) is 1. The van der Waals surface area contributed by atoms with E-state index in [1.807, 2.05) is 6.92 Å². The topological polar surface area (TPSA) is 63.6 Å². The van der Waals surface area contributed by atoms with Gasteiger partial charge in [0.2, 0.25) is 0 Å². The Labute approximate surface area is 114 Å². The van der Waals surface area contributed by atoms with E-state index in [1.54, 1.807) is 18.5 Å². The van der Waals surface area contributed by atoms with Crippen molar-refractivity contribution in [1.82, 2.24) is 19.9 Å². The predicted molar refractivity (Wildman–Crippen MR) is 74.3 cm³/mol. The van der Waals surface area contributed by atoms with Crippen LogP contribution in [0, 0.1) is 6.92 Å². The van der Waals surface area contributed by atoms with Crippen LogP contribution in [0.2, 0.25) is 0 Å². The predicted octanol–water partition coefficient (Wildman–Crippen LogP) is 2.83. The summed E-state index contributed by atoms with van der Waals surface area (Å²) in [6, 6.07) is 1.77. The van der Waals surface area contributed by atoms with Gasteiger partial charge in [-0.15, -0.1) is 0 Å². The van der Waals surface area contributed by atoms with Gasteiger partial charge >= 0.3 is 0 Å². The molecule has 0 aliphatic rings. The molecule has 1 N–H and O–H groups in total. The Bertz CT molecular complexity index is 529. The maximum atomic E-state index is 4.45. The number of aryl methyl sites for hydroxylation is 1. The van der Waals surface area contributed by atoms with E-state index in [4.69, 9.17) is 0 Å². The number of hydrogen-bond donors (Lipinski definition) is 1. The molecule has 0 aliphatic heterocycles. The second-order valence-electron chi connectivity index (χ2n) is 3.79. The molecule has 0 atom stereocenters. The van der Waals surface area contributed by atoms with Crippen molar-refractivity contribution in [3.63, 3.8) is 0 Å². The molecule has 18 heavy (non-hydrogen) atoms. The third kappa shape index (κ3) is 2.81. The summed E-state index contributed by atoms with van der Waals surface area (Å²) in [5.41, 5.74) is 0.867.